The van der Waals surface area contributed by atoms with Gasteiger partial charge in [-0.1, -0.05) is 18.2 Å². The Labute approximate surface area is 167 Å². The van der Waals surface area contributed by atoms with Gasteiger partial charge >= 0.3 is 0 Å². The van der Waals surface area contributed by atoms with Gasteiger partial charge in [0.2, 0.25) is 5.43 Å². The molecule has 5 nitrogen and oxygen atoms in total. The van der Waals surface area contributed by atoms with Gasteiger partial charge in [-0.05, 0) is 67.8 Å². The van der Waals surface area contributed by atoms with Crippen molar-refractivity contribution >= 4 is 33.5 Å². The summed E-state index contributed by atoms with van der Waals surface area (Å²) in [5, 5.41) is 3.82. The predicted molar refractivity (Wildman–Crippen MR) is 115 cm³/mol. The number of fused-ring (bicyclic) bond motifs is 2. The molecule has 146 valence electrons. The first-order chi connectivity index (χ1) is 13.9. The Morgan fingerprint density at radius 3 is 2.48 bits per heavy atom. The van der Waals surface area contributed by atoms with Gasteiger partial charge in [-0.15, -0.1) is 0 Å². The molecule has 1 heterocycles. The van der Waals surface area contributed by atoms with E-state index in [1.54, 1.807) is 24.3 Å². The van der Waals surface area contributed by atoms with Crippen LogP contribution < -0.4 is 15.5 Å². The number of carbonyl (C=O) groups is 1. The minimum Gasteiger partial charge on any atom is -0.484 e. The first-order valence-corrected chi connectivity index (χ1v) is 9.38. The van der Waals surface area contributed by atoms with E-state index in [1.165, 1.54) is 0 Å². The van der Waals surface area contributed by atoms with Crippen LogP contribution in [0.3, 0.4) is 0 Å². The molecule has 5 heteroatoms. The summed E-state index contributed by atoms with van der Waals surface area (Å²) in [6.45, 7) is 5.75. The molecular weight excluding hydrogens is 366 g/mol. The molecule has 1 aromatic heterocycles. The van der Waals surface area contributed by atoms with Crippen LogP contribution in [0.1, 0.15) is 16.7 Å². The molecule has 4 aromatic rings. The van der Waals surface area contributed by atoms with Crippen LogP contribution in [-0.4, -0.2) is 12.5 Å². The number of hydrogen-bond donors (Lipinski definition) is 1. The van der Waals surface area contributed by atoms with E-state index >= 15 is 0 Å². The fraction of sp³-hybridized carbons (Fsp3) is 0.167. The highest BCUT2D eigenvalue weighted by Gasteiger charge is 2.11. The van der Waals surface area contributed by atoms with Crippen LogP contribution >= 0.6 is 0 Å². The Balaban J connectivity index is 1.56. The van der Waals surface area contributed by atoms with E-state index in [2.05, 4.69) is 5.32 Å². The monoisotopic (exact) mass is 387 g/mol. The highest BCUT2D eigenvalue weighted by Crippen LogP contribution is 2.24. The van der Waals surface area contributed by atoms with Crippen molar-refractivity contribution in [2.75, 3.05) is 11.9 Å². The number of amides is 1. The van der Waals surface area contributed by atoms with Crippen molar-refractivity contribution in [1.82, 2.24) is 0 Å². The van der Waals surface area contributed by atoms with E-state index in [4.69, 9.17) is 9.15 Å². The van der Waals surface area contributed by atoms with E-state index in [1.807, 2.05) is 51.1 Å². The fourth-order valence-corrected chi connectivity index (χ4v) is 3.46. The van der Waals surface area contributed by atoms with Crippen molar-refractivity contribution in [2.45, 2.75) is 20.8 Å². The van der Waals surface area contributed by atoms with E-state index in [-0.39, 0.29) is 17.9 Å². The molecule has 0 saturated heterocycles. The number of carbonyl (C=O) groups excluding carboxylic acids is 1. The second kappa shape index (κ2) is 7.43. The molecule has 0 unspecified atom stereocenters. The summed E-state index contributed by atoms with van der Waals surface area (Å²) < 4.78 is 11.5. The lowest BCUT2D eigenvalue weighted by molar-refractivity contribution is -0.118. The molecule has 0 bridgehead atoms. The zero-order valence-corrected chi connectivity index (χ0v) is 16.5. The van der Waals surface area contributed by atoms with Gasteiger partial charge in [-0.3, -0.25) is 9.59 Å². The summed E-state index contributed by atoms with van der Waals surface area (Å²) in [5.41, 5.74) is 4.50. The average Bonchev–Trinajstić information content (AvgIpc) is 2.67. The Kier molecular flexibility index (Phi) is 4.80. The third-order valence-electron chi connectivity index (χ3n) is 4.74. The van der Waals surface area contributed by atoms with E-state index < -0.39 is 0 Å². The summed E-state index contributed by atoms with van der Waals surface area (Å²) >= 11 is 0. The number of hydrogen-bond acceptors (Lipinski definition) is 4. The summed E-state index contributed by atoms with van der Waals surface area (Å²) in [4.78, 5) is 25.0. The third-order valence-corrected chi connectivity index (χ3v) is 4.74. The lowest BCUT2D eigenvalue weighted by Gasteiger charge is -2.10. The number of benzene rings is 3. The Morgan fingerprint density at radius 1 is 0.966 bits per heavy atom. The van der Waals surface area contributed by atoms with Crippen LogP contribution in [0.15, 0.2) is 63.8 Å². The fourth-order valence-electron chi connectivity index (χ4n) is 3.46. The molecule has 0 atom stereocenters. The Morgan fingerprint density at radius 2 is 1.72 bits per heavy atom. The van der Waals surface area contributed by atoms with Crippen LogP contribution in [0.4, 0.5) is 5.69 Å². The molecule has 4 rings (SSSR count). The van der Waals surface area contributed by atoms with Gasteiger partial charge in [-0.25, -0.2) is 0 Å². The van der Waals surface area contributed by atoms with Crippen molar-refractivity contribution < 1.29 is 13.9 Å². The Hall–Kier alpha value is -3.60. The maximum atomic E-state index is 12.7. The summed E-state index contributed by atoms with van der Waals surface area (Å²) in [5.74, 6) is 0.368. The number of rotatable bonds is 4. The quantitative estimate of drug-likeness (QED) is 0.506. The zero-order valence-electron chi connectivity index (χ0n) is 16.5. The normalized spacial score (nSPS) is 11.0. The van der Waals surface area contributed by atoms with Gasteiger partial charge < -0.3 is 14.5 Å². The van der Waals surface area contributed by atoms with Crippen molar-refractivity contribution in [3.63, 3.8) is 0 Å². The first kappa shape index (κ1) is 18.7. The standard InChI is InChI=1S/C24H21NO4/c1-14-9-15(2)11-18(10-14)28-13-22(26)25-17-7-8-19-21(12-17)29-24-16(3)5-4-6-20(24)23(19)27/h4-12H,13H2,1-3H3,(H,25,26). The summed E-state index contributed by atoms with van der Waals surface area (Å²) in [6, 6.07) is 16.3. The Bertz CT molecular complexity index is 1280. The third kappa shape index (κ3) is 3.85. The van der Waals surface area contributed by atoms with Crippen LogP contribution in [-0.2, 0) is 4.79 Å². The van der Waals surface area contributed by atoms with Crippen LogP contribution in [0.25, 0.3) is 21.9 Å². The molecule has 0 aliphatic rings. The molecule has 0 radical (unpaired) electrons. The highest BCUT2D eigenvalue weighted by atomic mass is 16.5. The second-order valence-electron chi connectivity index (χ2n) is 7.25. The van der Waals surface area contributed by atoms with Crippen LogP contribution in [0.2, 0.25) is 0 Å². The van der Waals surface area contributed by atoms with Crippen molar-refractivity contribution in [1.29, 1.82) is 0 Å². The maximum absolute atomic E-state index is 12.7. The van der Waals surface area contributed by atoms with Gasteiger partial charge in [0, 0.05) is 11.8 Å². The van der Waals surface area contributed by atoms with E-state index in [0.717, 1.165) is 16.7 Å². The minimum absolute atomic E-state index is 0.0824. The molecule has 1 amide bonds. The molecule has 0 aliphatic carbocycles. The predicted octanol–water partition coefficient (Wildman–Crippen LogP) is 4.89. The highest BCUT2D eigenvalue weighted by molar-refractivity contribution is 5.96. The summed E-state index contributed by atoms with van der Waals surface area (Å²) in [6.07, 6.45) is 0. The average molecular weight is 387 g/mol. The summed E-state index contributed by atoms with van der Waals surface area (Å²) in [7, 11) is 0. The van der Waals surface area contributed by atoms with E-state index in [9.17, 15) is 9.59 Å². The van der Waals surface area contributed by atoms with E-state index in [0.29, 0.717) is 33.4 Å². The largest absolute Gasteiger partial charge is 0.484 e. The van der Waals surface area contributed by atoms with Gasteiger partial charge in [0.15, 0.2) is 6.61 Å². The number of ether oxygens (including phenoxy) is 1. The molecule has 0 fully saturated rings. The van der Waals surface area contributed by atoms with Gasteiger partial charge in [0.25, 0.3) is 5.91 Å². The smallest absolute Gasteiger partial charge is 0.262 e. The number of aryl methyl sites for hydroxylation is 3. The lowest BCUT2D eigenvalue weighted by atomic mass is 10.1. The van der Waals surface area contributed by atoms with Crippen LogP contribution in [0.5, 0.6) is 5.75 Å². The number of para-hydroxylation sites is 1. The van der Waals surface area contributed by atoms with Gasteiger partial charge in [-0.2, -0.15) is 0 Å². The molecular formula is C24H21NO4. The zero-order chi connectivity index (χ0) is 20.5. The van der Waals surface area contributed by atoms with Gasteiger partial charge in [0.1, 0.15) is 16.9 Å². The SMILES string of the molecule is Cc1cc(C)cc(OCC(=O)Nc2ccc3c(=O)c4cccc(C)c4oc3c2)c1. The second-order valence-corrected chi connectivity index (χ2v) is 7.25. The molecule has 3 aromatic carbocycles. The molecule has 0 saturated carbocycles. The first-order valence-electron chi connectivity index (χ1n) is 9.38. The molecule has 1 N–H and O–H groups in total. The maximum Gasteiger partial charge on any atom is 0.262 e. The van der Waals surface area contributed by atoms with Crippen molar-refractivity contribution in [2.24, 2.45) is 0 Å². The molecule has 29 heavy (non-hydrogen) atoms. The number of nitrogens with one attached hydrogen (secondary N) is 1. The van der Waals surface area contributed by atoms with Gasteiger partial charge in [0.05, 0.1) is 10.8 Å². The minimum atomic E-state index is -0.289. The molecule has 0 aliphatic heterocycles. The van der Waals surface area contributed by atoms with Crippen molar-refractivity contribution in [3.05, 3.63) is 81.5 Å². The topological polar surface area (TPSA) is 68.5 Å². The lowest BCUT2D eigenvalue weighted by Crippen LogP contribution is -2.20. The molecule has 0 spiro atoms. The number of anilines is 1. The van der Waals surface area contributed by atoms with Crippen LogP contribution in [0, 0.1) is 20.8 Å². The van der Waals surface area contributed by atoms with Crippen molar-refractivity contribution in [3.8, 4) is 5.75 Å².